The summed E-state index contributed by atoms with van der Waals surface area (Å²) in [6.07, 6.45) is 3.16. The molecule has 0 aliphatic heterocycles. The molecule has 0 saturated carbocycles. The second-order valence-electron chi connectivity index (χ2n) is 4.98. The summed E-state index contributed by atoms with van der Waals surface area (Å²) in [4.78, 5) is 25.3. The van der Waals surface area contributed by atoms with Crippen LogP contribution in [0.5, 0.6) is 11.5 Å². The molecule has 0 saturated heterocycles. The Morgan fingerprint density at radius 1 is 1.21 bits per heavy atom. The van der Waals surface area contributed by atoms with Crippen LogP contribution in [0.4, 0.5) is 0 Å². The summed E-state index contributed by atoms with van der Waals surface area (Å²) in [5.41, 5.74) is 0.821. The van der Waals surface area contributed by atoms with Gasteiger partial charge in [-0.25, -0.2) is 0 Å². The normalized spacial score (nSPS) is 10.5. The Morgan fingerprint density at radius 3 is 2.54 bits per heavy atom. The van der Waals surface area contributed by atoms with Crippen molar-refractivity contribution in [3.8, 4) is 11.5 Å². The summed E-state index contributed by atoms with van der Waals surface area (Å²) in [5.74, 6) is 0.901. The van der Waals surface area contributed by atoms with Crippen LogP contribution in [0.3, 0.4) is 0 Å². The summed E-state index contributed by atoms with van der Waals surface area (Å²) < 4.78 is 10.7. The smallest absolute Gasteiger partial charge is 0.247 e. The number of benzene rings is 1. The first-order valence-electron chi connectivity index (χ1n) is 8.10. The Morgan fingerprint density at radius 2 is 1.96 bits per heavy atom. The van der Waals surface area contributed by atoms with Crippen LogP contribution in [0.2, 0.25) is 0 Å². The van der Waals surface area contributed by atoms with Crippen molar-refractivity contribution in [2.24, 2.45) is 0 Å². The first kappa shape index (κ1) is 19.5. The number of hydrogen-bond acceptors (Lipinski definition) is 4. The van der Waals surface area contributed by atoms with Crippen LogP contribution >= 0.6 is 0 Å². The molecule has 0 aliphatic rings. The largest absolute Gasteiger partial charge is 0.493 e. The van der Waals surface area contributed by atoms with Crippen LogP contribution in [-0.4, -0.2) is 50.1 Å². The number of ether oxygens (including phenoxy) is 2. The molecule has 0 bridgehead atoms. The number of amides is 2. The molecule has 132 valence electrons. The van der Waals surface area contributed by atoms with Crippen molar-refractivity contribution in [3.63, 3.8) is 0 Å². The SMILES string of the molecule is CCNC(=O)CN(CC)C(=O)/C=C/c1ccc(OC)c(OCC)c1. The van der Waals surface area contributed by atoms with E-state index in [0.717, 1.165) is 5.56 Å². The predicted molar refractivity (Wildman–Crippen MR) is 94.1 cm³/mol. The van der Waals surface area contributed by atoms with E-state index >= 15 is 0 Å². The van der Waals surface area contributed by atoms with Crippen LogP contribution < -0.4 is 14.8 Å². The van der Waals surface area contributed by atoms with Crippen molar-refractivity contribution in [3.05, 3.63) is 29.8 Å². The zero-order valence-corrected chi connectivity index (χ0v) is 14.8. The Balaban J connectivity index is 2.81. The summed E-state index contributed by atoms with van der Waals surface area (Å²) in [5, 5.41) is 2.69. The third-order valence-electron chi connectivity index (χ3n) is 3.31. The lowest BCUT2D eigenvalue weighted by Crippen LogP contribution is -2.39. The number of hydrogen-bond donors (Lipinski definition) is 1. The summed E-state index contributed by atoms with van der Waals surface area (Å²) in [6.45, 7) is 7.17. The first-order chi connectivity index (χ1) is 11.5. The van der Waals surface area contributed by atoms with Gasteiger partial charge < -0.3 is 19.7 Å². The molecule has 0 aromatic heterocycles. The van der Waals surface area contributed by atoms with Crippen LogP contribution in [0.1, 0.15) is 26.3 Å². The summed E-state index contributed by atoms with van der Waals surface area (Å²) in [7, 11) is 1.58. The van der Waals surface area contributed by atoms with Crippen LogP contribution in [0, 0.1) is 0 Å². The highest BCUT2D eigenvalue weighted by molar-refractivity contribution is 5.94. The summed E-state index contributed by atoms with van der Waals surface area (Å²) >= 11 is 0. The molecule has 0 fully saturated rings. The van der Waals surface area contributed by atoms with E-state index in [9.17, 15) is 9.59 Å². The maximum absolute atomic E-state index is 12.2. The van der Waals surface area contributed by atoms with E-state index in [1.54, 1.807) is 19.3 Å². The molecule has 1 N–H and O–H groups in total. The van der Waals surface area contributed by atoms with Gasteiger partial charge in [0, 0.05) is 19.2 Å². The molecule has 0 heterocycles. The van der Waals surface area contributed by atoms with E-state index in [1.807, 2.05) is 32.9 Å². The van der Waals surface area contributed by atoms with Crippen molar-refractivity contribution >= 4 is 17.9 Å². The van der Waals surface area contributed by atoms with E-state index in [2.05, 4.69) is 5.32 Å². The fourth-order valence-corrected chi connectivity index (χ4v) is 2.11. The average Bonchev–Trinajstić information content (AvgIpc) is 2.58. The number of carbonyl (C=O) groups is 2. The van der Waals surface area contributed by atoms with Crippen LogP contribution in [0.15, 0.2) is 24.3 Å². The van der Waals surface area contributed by atoms with Gasteiger partial charge in [0.25, 0.3) is 0 Å². The fourth-order valence-electron chi connectivity index (χ4n) is 2.11. The van der Waals surface area contributed by atoms with Crippen LogP contribution in [0.25, 0.3) is 6.08 Å². The minimum atomic E-state index is -0.211. The third kappa shape index (κ3) is 5.95. The number of likely N-dealkylation sites (N-methyl/N-ethyl adjacent to an activating group) is 2. The van der Waals surface area contributed by atoms with Crippen molar-refractivity contribution in [1.29, 1.82) is 0 Å². The van der Waals surface area contributed by atoms with Gasteiger partial charge in [0.2, 0.25) is 11.8 Å². The molecule has 24 heavy (non-hydrogen) atoms. The van der Waals surface area contributed by atoms with Gasteiger partial charge in [-0.2, -0.15) is 0 Å². The third-order valence-corrected chi connectivity index (χ3v) is 3.31. The topological polar surface area (TPSA) is 67.9 Å². The first-order valence-corrected chi connectivity index (χ1v) is 8.10. The molecule has 1 rings (SSSR count). The minimum Gasteiger partial charge on any atom is -0.493 e. The van der Waals surface area contributed by atoms with E-state index in [-0.39, 0.29) is 18.4 Å². The zero-order valence-electron chi connectivity index (χ0n) is 14.8. The number of carbonyl (C=O) groups excluding carboxylic acids is 2. The van der Waals surface area contributed by atoms with Gasteiger partial charge >= 0.3 is 0 Å². The monoisotopic (exact) mass is 334 g/mol. The van der Waals surface area contributed by atoms with Gasteiger partial charge in [-0.05, 0) is 44.5 Å². The quantitative estimate of drug-likeness (QED) is 0.702. The number of methoxy groups -OCH3 is 1. The maximum atomic E-state index is 12.2. The molecular weight excluding hydrogens is 308 g/mol. The van der Waals surface area contributed by atoms with Crippen molar-refractivity contribution in [2.45, 2.75) is 20.8 Å². The fraction of sp³-hybridized carbons (Fsp3) is 0.444. The van der Waals surface area contributed by atoms with E-state index in [0.29, 0.717) is 31.2 Å². The predicted octanol–water partition coefficient (Wildman–Crippen LogP) is 2.09. The molecule has 6 heteroatoms. The molecule has 1 aromatic carbocycles. The zero-order chi connectivity index (χ0) is 17.9. The van der Waals surface area contributed by atoms with Gasteiger partial charge in [0.15, 0.2) is 11.5 Å². The Labute approximate surface area is 143 Å². The maximum Gasteiger partial charge on any atom is 0.247 e. The second kappa shape index (κ2) is 10.3. The Bertz CT molecular complexity index is 584. The van der Waals surface area contributed by atoms with E-state index < -0.39 is 0 Å². The number of nitrogens with one attached hydrogen (secondary N) is 1. The molecule has 2 amide bonds. The molecule has 0 atom stereocenters. The molecule has 6 nitrogen and oxygen atoms in total. The van der Waals surface area contributed by atoms with Crippen LogP contribution in [-0.2, 0) is 9.59 Å². The van der Waals surface area contributed by atoms with Crippen molar-refractivity contribution in [1.82, 2.24) is 10.2 Å². The lowest BCUT2D eigenvalue weighted by atomic mass is 10.2. The minimum absolute atomic E-state index is 0.0559. The van der Waals surface area contributed by atoms with Gasteiger partial charge in [-0.15, -0.1) is 0 Å². The molecule has 1 aromatic rings. The highest BCUT2D eigenvalue weighted by Crippen LogP contribution is 2.28. The van der Waals surface area contributed by atoms with Gasteiger partial charge in [0.1, 0.15) is 0 Å². The van der Waals surface area contributed by atoms with E-state index in [1.165, 1.54) is 11.0 Å². The number of nitrogens with zero attached hydrogens (tertiary/aromatic N) is 1. The highest BCUT2D eigenvalue weighted by atomic mass is 16.5. The van der Waals surface area contributed by atoms with Gasteiger partial charge in [-0.1, -0.05) is 6.07 Å². The van der Waals surface area contributed by atoms with Crippen molar-refractivity contribution < 1.29 is 19.1 Å². The average molecular weight is 334 g/mol. The second-order valence-corrected chi connectivity index (χ2v) is 4.98. The molecule has 0 unspecified atom stereocenters. The summed E-state index contributed by atoms with van der Waals surface area (Å²) in [6, 6.07) is 5.44. The van der Waals surface area contributed by atoms with E-state index in [4.69, 9.17) is 9.47 Å². The number of rotatable bonds is 9. The standard InChI is InChI=1S/C18H26N2O4/c1-5-19-17(21)13-20(6-2)18(22)11-9-14-8-10-15(23-4)16(12-14)24-7-3/h8-12H,5-7,13H2,1-4H3,(H,19,21)/b11-9+. The Hall–Kier alpha value is -2.50. The molecule has 0 radical (unpaired) electrons. The Kier molecular flexibility index (Phi) is 8.39. The van der Waals surface area contributed by atoms with Crippen molar-refractivity contribution in [2.75, 3.05) is 33.4 Å². The molecule has 0 aliphatic carbocycles. The lowest BCUT2D eigenvalue weighted by Gasteiger charge is -2.18. The molecular formula is C18H26N2O4. The van der Waals surface area contributed by atoms with Gasteiger partial charge in [0.05, 0.1) is 20.3 Å². The van der Waals surface area contributed by atoms with Gasteiger partial charge in [-0.3, -0.25) is 9.59 Å². The highest BCUT2D eigenvalue weighted by Gasteiger charge is 2.12. The molecule has 0 spiro atoms. The lowest BCUT2D eigenvalue weighted by molar-refractivity contribution is -0.132.